The molecular formula is C24H30F3N3O4. The van der Waals surface area contributed by atoms with Crippen molar-refractivity contribution in [3.8, 4) is 5.75 Å². The van der Waals surface area contributed by atoms with Crippen LogP contribution in [0.3, 0.4) is 0 Å². The van der Waals surface area contributed by atoms with Gasteiger partial charge in [-0.3, -0.25) is 9.36 Å². The summed E-state index contributed by atoms with van der Waals surface area (Å²) >= 11 is 0. The minimum Gasteiger partial charge on any atom is -0.491 e. The number of hydrogen-bond acceptors (Lipinski definition) is 5. The van der Waals surface area contributed by atoms with Crippen LogP contribution in [0.1, 0.15) is 61.7 Å². The van der Waals surface area contributed by atoms with Crippen LogP contribution in [0.4, 0.5) is 13.2 Å². The average Bonchev–Trinajstić information content (AvgIpc) is 3.36. The van der Waals surface area contributed by atoms with Crippen LogP contribution in [0.5, 0.6) is 5.75 Å². The summed E-state index contributed by atoms with van der Waals surface area (Å²) < 4.78 is 59.1. The summed E-state index contributed by atoms with van der Waals surface area (Å²) in [5.74, 6) is -0.198. The van der Waals surface area contributed by atoms with E-state index in [0.29, 0.717) is 18.9 Å². The molecular weight excluding hydrogens is 451 g/mol. The second kappa shape index (κ2) is 9.58. The van der Waals surface area contributed by atoms with Crippen molar-refractivity contribution in [3.63, 3.8) is 0 Å². The summed E-state index contributed by atoms with van der Waals surface area (Å²) in [6.45, 7) is 8.09. The highest BCUT2D eigenvalue weighted by Gasteiger charge is 2.32. The van der Waals surface area contributed by atoms with Gasteiger partial charge in [-0.1, -0.05) is 20.8 Å². The number of alkyl halides is 3. The lowest BCUT2D eigenvalue weighted by atomic mass is 9.94. The molecule has 0 unspecified atom stereocenters. The molecule has 0 radical (unpaired) electrons. The Labute approximate surface area is 196 Å². The number of ether oxygens (including phenoxy) is 2. The molecule has 3 heterocycles. The number of halogens is 3. The Balaban J connectivity index is 1.70. The molecule has 186 valence electrons. The van der Waals surface area contributed by atoms with Crippen LogP contribution in [-0.4, -0.2) is 42.4 Å². The second-order valence-corrected chi connectivity index (χ2v) is 9.79. The first-order valence-corrected chi connectivity index (χ1v) is 11.5. The Morgan fingerprint density at radius 2 is 2.03 bits per heavy atom. The van der Waals surface area contributed by atoms with E-state index in [1.165, 1.54) is 6.07 Å². The molecule has 34 heavy (non-hydrogen) atoms. The van der Waals surface area contributed by atoms with Gasteiger partial charge in [-0.25, -0.2) is 0 Å². The first-order valence-electron chi connectivity index (χ1n) is 11.5. The fourth-order valence-corrected chi connectivity index (χ4v) is 3.78. The van der Waals surface area contributed by atoms with E-state index in [1.54, 1.807) is 10.8 Å². The Morgan fingerprint density at radius 3 is 2.62 bits per heavy atom. The van der Waals surface area contributed by atoms with E-state index in [1.807, 2.05) is 20.8 Å². The molecule has 1 amide bonds. The number of nitrogens with zero attached hydrogens (tertiary/aromatic N) is 2. The van der Waals surface area contributed by atoms with Crippen molar-refractivity contribution < 1.29 is 31.9 Å². The molecule has 2 atom stereocenters. The van der Waals surface area contributed by atoms with Crippen LogP contribution in [0.2, 0.25) is 0 Å². The standard InChI is InChI=1S/C24H30F3N3O4/c1-23(2,3)20-13-30(12-17-5-4-10-32-17)22(34-20)29-21(31)18-11-15(24(25,26)27)6-7-19(18)33-14-16-8-9-28-16/h6-7,11,13,16-17,28H,4-5,8-10,12,14H2,1-3H3/t16-,17+/m0/s1. The fourth-order valence-electron chi connectivity index (χ4n) is 3.78. The normalized spacial score (nSPS) is 21.5. The monoisotopic (exact) mass is 481 g/mol. The number of rotatable bonds is 6. The summed E-state index contributed by atoms with van der Waals surface area (Å²) in [6, 6.07) is 2.97. The third kappa shape index (κ3) is 5.72. The van der Waals surface area contributed by atoms with E-state index >= 15 is 0 Å². The van der Waals surface area contributed by atoms with Crippen molar-refractivity contribution in [1.29, 1.82) is 0 Å². The summed E-state index contributed by atoms with van der Waals surface area (Å²) in [5.41, 5.74) is -1.53. The topological polar surface area (TPSA) is 78.0 Å². The van der Waals surface area contributed by atoms with Crippen LogP contribution in [-0.2, 0) is 22.9 Å². The number of benzene rings is 1. The zero-order chi connectivity index (χ0) is 24.5. The molecule has 7 nitrogen and oxygen atoms in total. The van der Waals surface area contributed by atoms with Crippen LogP contribution in [0.15, 0.2) is 33.8 Å². The molecule has 10 heteroatoms. The molecule has 0 spiro atoms. The predicted molar refractivity (Wildman–Crippen MR) is 118 cm³/mol. The maximum Gasteiger partial charge on any atom is 0.416 e. The molecule has 0 saturated carbocycles. The first-order chi connectivity index (χ1) is 16.0. The van der Waals surface area contributed by atoms with Crippen molar-refractivity contribution >= 4 is 5.91 Å². The SMILES string of the molecule is CC(C)(C)c1cn(C[C@H]2CCCO2)c(=NC(=O)c2cc(C(F)(F)F)ccc2OC[C@@H]2CCN2)o1. The number of hydrogen-bond donors (Lipinski definition) is 1. The molecule has 1 aromatic heterocycles. The van der Waals surface area contributed by atoms with Crippen molar-refractivity contribution in [2.75, 3.05) is 19.8 Å². The highest BCUT2D eigenvalue weighted by molar-refractivity contribution is 5.97. The van der Waals surface area contributed by atoms with E-state index in [4.69, 9.17) is 13.9 Å². The van der Waals surface area contributed by atoms with Gasteiger partial charge in [-0.15, -0.1) is 0 Å². The predicted octanol–water partition coefficient (Wildman–Crippen LogP) is 4.06. The minimum absolute atomic E-state index is 0.0226. The summed E-state index contributed by atoms with van der Waals surface area (Å²) in [6.07, 6.45) is -0.146. The molecule has 2 saturated heterocycles. The van der Waals surface area contributed by atoms with Gasteiger partial charge in [0.2, 0.25) is 0 Å². The van der Waals surface area contributed by atoms with Crippen molar-refractivity contribution in [3.05, 3.63) is 47.0 Å². The highest BCUT2D eigenvalue weighted by Crippen LogP contribution is 2.33. The van der Waals surface area contributed by atoms with E-state index in [2.05, 4.69) is 10.3 Å². The van der Waals surface area contributed by atoms with E-state index in [-0.39, 0.29) is 41.2 Å². The van der Waals surface area contributed by atoms with Crippen molar-refractivity contribution in [2.24, 2.45) is 4.99 Å². The van der Waals surface area contributed by atoms with Crippen LogP contribution in [0, 0.1) is 0 Å². The minimum atomic E-state index is -4.60. The summed E-state index contributed by atoms with van der Waals surface area (Å²) in [4.78, 5) is 17.2. The van der Waals surface area contributed by atoms with E-state index < -0.39 is 17.6 Å². The summed E-state index contributed by atoms with van der Waals surface area (Å²) in [7, 11) is 0. The van der Waals surface area contributed by atoms with Crippen molar-refractivity contribution in [1.82, 2.24) is 9.88 Å². The van der Waals surface area contributed by atoms with Gasteiger partial charge in [-0.2, -0.15) is 18.2 Å². The lowest BCUT2D eigenvalue weighted by molar-refractivity contribution is -0.137. The maximum atomic E-state index is 13.4. The molecule has 2 fully saturated rings. The number of carbonyl (C=O) groups excluding carboxylic acids is 1. The lowest BCUT2D eigenvalue weighted by Gasteiger charge is -2.27. The van der Waals surface area contributed by atoms with Gasteiger partial charge >= 0.3 is 11.9 Å². The number of oxazole rings is 1. The molecule has 2 aliphatic heterocycles. The van der Waals surface area contributed by atoms with Crippen LogP contribution >= 0.6 is 0 Å². The Morgan fingerprint density at radius 1 is 1.26 bits per heavy atom. The smallest absolute Gasteiger partial charge is 0.416 e. The molecule has 2 aromatic rings. The van der Waals surface area contributed by atoms with Gasteiger partial charge in [0, 0.05) is 24.3 Å². The third-order valence-corrected chi connectivity index (χ3v) is 5.98. The Hall–Kier alpha value is -2.59. The summed E-state index contributed by atoms with van der Waals surface area (Å²) in [5, 5.41) is 3.15. The number of nitrogens with one attached hydrogen (secondary N) is 1. The van der Waals surface area contributed by atoms with Crippen LogP contribution in [0.25, 0.3) is 0 Å². The highest BCUT2D eigenvalue weighted by atomic mass is 19.4. The molecule has 2 aliphatic rings. The van der Waals surface area contributed by atoms with E-state index in [9.17, 15) is 18.0 Å². The zero-order valence-electron chi connectivity index (χ0n) is 19.6. The number of aromatic nitrogens is 1. The van der Waals surface area contributed by atoms with Gasteiger partial charge in [0.25, 0.3) is 5.91 Å². The quantitative estimate of drug-likeness (QED) is 0.674. The largest absolute Gasteiger partial charge is 0.491 e. The van der Waals surface area contributed by atoms with Gasteiger partial charge in [0.1, 0.15) is 18.1 Å². The zero-order valence-corrected chi connectivity index (χ0v) is 19.6. The van der Waals surface area contributed by atoms with Crippen molar-refractivity contribution in [2.45, 2.75) is 70.3 Å². The van der Waals surface area contributed by atoms with Crippen LogP contribution < -0.4 is 15.7 Å². The molecule has 1 N–H and O–H groups in total. The fraction of sp³-hybridized carbons (Fsp3) is 0.583. The van der Waals surface area contributed by atoms with Gasteiger partial charge in [-0.05, 0) is 44.0 Å². The molecule has 0 bridgehead atoms. The lowest BCUT2D eigenvalue weighted by Crippen LogP contribution is -2.46. The average molecular weight is 482 g/mol. The molecule has 0 aliphatic carbocycles. The first kappa shape index (κ1) is 24.5. The molecule has 1 aromatic carbocycles. The van der Waals surface area contributed by atoms with Gasteiger partial charge < -0.3 is 19.2 Å². The molecule has 4 rings (SSSR count). The van der Waals surface area contributed by atoms with Gasteiger partial charge in [0.15, 0.2) is 0 Å². The third-order valence-electron chi connectivity index (χ3n) is 5.98. The second-order valence-electron chi connectivity index (χ2n) is 9.79. The Bertz CT molecular complexity index is 1090. The Kier molecular flexibility index (Phi) is 6.91. The number of carbonyl (C=O) groups is 1. The number of amides is 1. The van der Waals surface area contributed by atoms with E-state index in [0.717, 1.165) is 37.9 Å². The van der Waals surface area contributed by atoms with Gasteiger partial charge in [0.05, 0.1) is 23.8 Å². The maximum absolute atomic E-state index is 13.4.